The molecule has 2 nitrogen and oxygen atoms in total. The second-order valence-electron chi connectivity index (χ2n) is 9.99. The Labute approximate surface area is 153 Å². The number of fused-ring (bicyclic) bond motifs is 5. The Balaban J connectivity index is 1.53. The zero-order valence-corrected chi connectivity index (χ0v) is 15.8. The van der Waals surface area contributed by atoms with Gasteiger partial charge in [0, 0.05) is 5.92 Å². The molecule has 8 atom stereocenters. The van der Waals surface area contributed by atoms with Crippen LogP contribution in [0.4, 0.5) is 13.2 Å². The van der Waals surface area contributed by atoms with Gasteiger partial charge in [0.15, 0.2) is 5.60 Å². The summed E-state index contributed by atoms with van der Waals surface area (Å²) in [5, 5.41) is 10.2. The Morgan fingerprint density at radius 1 is 0.962 bits per heavy atom. The molecule has 0 unspecified atom stereocenters. The number of aliphatic hydroxyl groups is 1. The topological polar surface area (TPSA) is 37.3 Å². The van der Waals surface area contributed by atoms with E-state index in [9.17, 15) is 23.1 Å². The van der Waals surface area contributed by atoms with E-state index in [1.807, 2.05) is 0 Å². The molecule has 0 aromatic carbocycles. The Morgan fingerprint density at radius 2 is 1.65 bits per heavy atom. The largest absolute Gasteiger partial charge is 0.417 e. The van der Waals surface area contributed by atoms with Crippen LogP contribution in [0, 0.1) is 40.9 Å². The van der Waals surface area contributed by atoms with Crippen LogP contribution in [0.3, 0.4) is 0 Å². The number of halogens is 3. The molecular formula is C21H31F3O2. The summed E-state index contributed by atoms with van der Waals surface area (Å²) in [7, 11) is 0. The van der Waals surface area contributed by atoms with Crippen LogP contribution in [0.1, 0.15) is 71.6 Å². The van der Waals surface area contributed by atoms with Crippen LogP contribution >= 0.6 is 0 Å². The summed E-state index contributed by atoms with van der Waals surface area (Å²) >= 11 is 0. The number of carbonyl (C=O) groups excluding carboxylic acids is 1. The van der Waals surface area contributed by atoms with E-state index in [4.69, 9.17) is 0 Å². The van der Waals surface area contributed by atoms with E-state index in [-0.39, 0.29) is 30.1 Å². The summed E-state index contributed by atoms with van der Waals surface area (Å²) in [5.41, 5.74) is -2.38. The van der Waals surface area contributed by atoms with Crippen LogP contribution in [0.2, 0.25) is 0 Å². The summed E-state index contributed by atoms with van der Waals surface area (Å²) in [6.07, 6.45) is 1.70. The Bertz CT molecular complexity index is 588. The van der Waals surface area contributed by atoms with E-state index < -0.39 is 11.8 Å². The third-order valence-electron chi connectivity index (χ3n) is 9.03. The minimum absolute atomic E-state index is 0.00554. The molecule has 26 heavy (non-hydrogen) atoms. The maximum absolute atomic E-state index is 13.3. The number of Topliss-reactive ketones (excluding diaryl/α,β-unsaturated/α-hetero) is 1. The maximum Gasteiger partial charge on any atom is 0.417 e. The number of ketones is 1. The average Bonchev–Trinajstić information content (AvgIpc) is 2.90. The molecule has 4 rings (SSSR count). The lowest BCUT2D eigenvalue weighted by molar-refractivity contribution is -0.282. The molecule has 4 aliphatic carbocycles. The smallest absolute Gasteiger partial charge is 0.380 e. The van der Waals surface area contributed by atoms with E-state index in [2.05, 4.69) is 6.92 Å². The number of hydrogen-bond acceptors (Lipinski definition) is 2. The van der Waals surface area contributed by atoms with Crippen LogP contribution in [-0.2, 0) is 4.79 Å². The van der Waals surface area contributed by atoms with E-state index in [1.165, 1.54) is 0 Å². The highest BCUT2D eigenvalue weighted by molar-refractivity contribution is 5.79. The first-order valence-electron chi connectivity index (χ1n) is 10.4. The normalized spacial score (nSPS) is 51.3. The van der Waals surface area contributed by atoms with E-state index >= 15 is 0 Å². The van der Waals surface area contributed by atoms with Crippen molar-refractivity contribution in [3.05, 3.63) is 0 Å². The van der Waals surface area contributed by atoms with Gasteiger partial charge in [-0.3, -0.25) is 4.79 Å². The minimum atomic E-state index is -4.51. The highest BCUT2D eigenvalue weighted by Gasteiger charge is 2.62. The summed E-state index contributed by atoms with van der Waals surface area (Å²) in [6.45, 7) is 4.02. The SMILES string of the molecule is CC(=O)[C@H]1CC[C@H]2[C@@H]3CC[C@@H]4C[C@@](O)(C(F)(F)F)CC[C@@H]4[C@H]3CC[C@]12C. The highest BCUT2D eigenvalue weighted by atomic mass is 19.4. The molecule has 0 spiro atoms. The predicted molar refractivity (Wildman–Crippen MR) is 92.3 cm³/mol. The molecule has 0 aromatic rings. The van der Waals surface area contributed by atoms with Crippen LogP contribution in [0.25, 0.3) is 0 Å². The summed E-state index contributed by atoms with van der Waals surface area (Å²) < 4.78 is 39.8. The monoisotopic (exact) mass is 372 g/mol. The van der Waals surface area contributed by atoms with Gasteiger partial charge in [-0.15, -0.1) is 0 Å². The Hall–Kier alpha value is -0.580. The molecule has 1 N–H and O–H groups in total. The van der Waals surface area contributed by atoms with Crippen molar-refractivity contribution in [1.29, 1.82) is 0 Å². The molecule has 148 valence electrons. The molecule has 0 aliphatic heterocycles. The molecule has 4 aliphatic rings. The minimum Gasteiger partial charge on any atom is -0.380 e. The number of hydrogen-bond donors (Lipinski definition) is 1. The van der Waals surface area contributed by atoms with Crippen molar-refractivity contribution in [2.45, 2.75) is 83.4 Å². The quantitative estimate of drug-likeness (QED) is 0.692. The van der Waals surface area contributed by atoms with Gasteiger partial charge in [-0.2, -0.15) is 13.2 Å². The average molecular weight is 372 g/mol. The van der Waals surface area contributed by atoms with E-state index in [0.29, 0.717) is 35.9 Å². The first-order chi connectivity index (χ1) is 12.1. The van der Waals surface area contributed by atoms with Crippen molar-refractivity contribution in [3.8, 4) is 0 Å². The first kappa shape index (κ1) is 18.8. The van der Waals surface area contributed by atoms with Crippen LogP contribution in [0.15, 0.2) is 0 Å². The highest BCUT2D eigenvalue weighted by Crippen LogP contribution is 2.65. The van der Waals surface area contributed by atoms with Crippen molar-refractivity contribution >= 4 is 5.78 Å². The molecule has 0 radical (unpaired) electrons. The second kappa shape index (κ2) is 5.96. The number of carbonyl (C=O) groups is 1. The summed E-state index contributed by atoms with van der Waals surface area (Å²) in [6, 6.07) is 0. The third-order valence-corrected chi connectivity index (χ3v) is 9.03. The molecule has 0 aromatic heterocycles. The van der Waals surface area contributed by atoms with Crippen molar-refractivity contribution in [2.75, 3.05) is 0 Å². The molecule has 0 bridgehead atoms. The summed E-state index contributed by atoms with van der Waals surface area (Å²) in [5.74, 6) is 2.44. The summed E-state index contributed by atoms with van der Waals surface area (Å²) in [4.78, 5) is 12.1. The molecule has 0 saturated heterocycles. The predicted octanol–water partition coefficient (Wildman–Crippen LogP) is 5.14. The molecule has 5 heteroatoms. The Morgan fingerprint density at radius 3 is 2.31 bits per heavy atom. The second-order valence-corrected chi connectivity index (χ2v) is 9.99. The number of rotatable bonds is 1. The van der Waals surface area contributed by atoms with Crippen LogP contribution in [0.5, 0.6) is 0 Å². The lowest BCUT2D eigenvalue weighted by Gasteiger charge is -2.57. The van der Waals surface area contributed by atoms with Crippen molar-refractivity contribution in [3.63, 3.8) is 0 Å². The van der Waals surface area contributed by atoms with Gasteiger partial charge in [-0.1, -0.05) is 6.92 Å². The fourth-order valence-corrected chi connectivity index (χ4v) is 7.80. The maximum atomic E-state index is 13.3. The van der Waals surface area contributed by atoms with Gasteiger partial charge in [0.05, 0.1) is 0 Å². The molecule has 4 saturated carbocycles. The zero-order valence-electron chi connectivity index (χ0n) is 15.8. The van der Waals surface area contributed by atoms with Crippen LogP contribution < -0.4 is 0 Å². The fraction of sp³-hybridized carbons (Fsp3) is 0.952. The van der Waals surface area contributed by atoms with E-state index in [1.54, 1.807) is 6.92 Å². The van der Waals surface area contributed by atoms with Crippen LogP contribution in [-0.4, -0.2) is 22.7 Å². The molecule has 4 fully saturated rings. The number of alkyl halides is 3. The van der Waals surface area contributed by atoms with Crippen molar-refractivity contribution in [1.82, 2.24) is 0 Å². The van der Waals surface area contributed by atoms with Gasteiger partial charge in [-0.05, 0) is 99.7 Å². The first-order valence-corrected chi connectivity index (χ1v) is 10.4. The molecule has 0 amide bonds. The third kappa shape index (κ3) is 2.59. The lowest BCUT2D eigenvalue weighted by atomic mass is 9.49. The van der Waals surface area contributed by atoms with Crippen molar-refractivity contribution in [2.24, 2.45) is 40.9 Å². The fourth-order valence-electron chi connectivity index (χ4n) is 7.80. The van der Waals surface area contributed by atoms with Gasteiger partial charge in [0.1, 0.15) is 5.78 Å². The standard InChI is InChI=1S/C21H31F3O2/c1-12(25)17-5-6-18-16-4-3-13-11-20(26,21(22,23)24)10-8-14(13)15(16)7-9-19(17,18)2/h13-18,26H,3-11H2,1-2H3/t13-,14+,15-,16-,17-,18+,19-,20-/m1/s1. The van der Waals surface area contributed by atoms with E-state index in [0.717, 1.165) is 38.5 Å². The molecule has 0 heterocycles. The van der Waals surface area contributed by atoms with Gasteiger partial charge in [0.2, 0.25) is 0 Å². The lowest BCUT2D eigenvalue weighted by Crippen LogP contribution is -2.55. The zero-order chi connectivity index (χ0) is 18.9. The van der Waals surface area contributed by atoms with Gasteiger partial charge in [-0.25, -0.2) is 0 Å². The van der Waals surface area contributed by atoms with Gasteiger partial charge in [0.25, 0.3) is 0 Å². The van der Waals surface area contributed by atoms with Gasteiger partial charge >= 0.3 is 6.18 Å². The van der Waals surface area contributed by atoms with Gasteiger partial charge < -0.3 is 5.11 Å². The molecular weight excluding hydrogens is 341 g/mol. The Kier molecular flexibility index (Phi) is 4.30. The van der Waals surface area contributed by atoms with Crippen molar-refractivity contribution < 1.29 is 23.1 Å².